The zero-order valence-corrected chi connectivity index (χ0v) is 7.68. The minimum Gasteiger partial charge on any atom is -0.376 e. The van der Waals surface area contributed by atoms with Crippen LogP contribution < -0.4 is 0 Å². The molecule has 1 nitrogen and oxygen atoms in total. The van der Waals surface area contributed by atoms with Gasteiger partial charge < -0.3 is 5.11 Å². The zero-order chi connectivity index (χ0) is 9.14. The molecule has 1 rings (SSSR count). The predicted molar refractivity (Wildman–Crippen MR) is 47.9 cm³/mol. The van der Waals surface area contributed by atoms with Crippen molar-refractivity contribution >= 4 is 15.9 Å². The first-order chi connectivity index (χ1) is 5.66. The average Bonchev–Trinajstić information content (AvgIpc) is 2.03. The molecule has 0 aliphatic carbocycles. The van der Waals surface area contributed by atoms with Crippen molar-refractivity contribution in [2.24, 2.45) is 0 Å². The molecule has 0 radical (unpaired) electrons. The summed E-state index contributed by atoms with van der Waals surface area (Å²) in [6, 6.07) is 4.41. The summed E-state index contributed by atoms with van der Waals surface area (Å²) in [7, 11) is 0. The molecule has 12 heavy (non-hydrogen) atoms. The molecule has 0 saturated carbocycles. The third-order valence-corrected chi connectivity index (χ3v) is 2.12. The molecule has 0 aliphatic heterocycles. The first kappa shape index (κ1) is 9.24. The lowest BCUT2D eigenvalue weighted by Gasteiger charge is -2.06. The van der Waals surface area contributed by atoms with Crippen molar-refractivity contribution in [2.45, 2.75) is 6.10 Å². The minimum atomic E-state index is -1.19. The summed E-state index contributed by atoms with van der Waals surface area (Å²) in [6.45, 7) is 0. The fraction of sp³-hybridized carbons (Fsp3) is 0.111. The maximum atomic E-state index is 13.0. The lowest BCUT2D eigenvalue weighted by atomic mass is 10.1. The van der Waals surface area contributed by atoms with Gasteiger partial charge in [-0.3, -0.25) is 0 Å². The Morgan fingerprint density at radius 3 is 2.75 bits per heavy atom. The van der Waals surface area contributed by atoms with Crippen LogP contribution in [0.2, 0.25) is 0 Å². The van der Waals surface area contributed by atoms with Crippen molar-refractivity contribution in [3.63, 3.8) is 0 Å². The molecular formula is C9H6BrFO. The van der Waals surface area contributed by atoms with Crippen molar-refractivity contribution in [2.75, 3.05) is 0 Å². The van der Waals surface area contributed by atoms with Gasteiger partial charge in [-0.25, -0.2) is 4.39 Å². The number of aliphatic hydroxyl groups excluding tert-OH is 1. The van der Waals surface area contributed by atoms with Gasteiger partial charge in [0, 0.05) is 10.0 Å². The van der Waals surface area contributed by atoms with Gasteiger partial charge >= 0.3 is 0 Å². The molecule has 1 N–H and O–H groups in total. The van der Waals surface area contributed by atoms with Crippen LogP contribution in [0.1, 0.15) is 11.7 Å². The van der Waals surface area contributed by atoms with Crippen molar-refractivity contribution in [3.05, 3.63) is 34.1 Å². The third kappa shape index (κ3) is 1.66. The lowest BCUT2D eigenvalue weighted by Crippen LogP contribution is -1.98. The molecular weight excluding hydrogens is 223 g/mol. The second kappa shape index (κ2) is 3.70. The van der Waals surface area contributed by atoms with Crippen LogP contribution in [0.25, 0.3) is 0 Å². The van der Waals surface area contributed by atoms with Crippen molar-refractivity contribution in [1.29, 1.82) is 0 Å². The molecule has 0 amide bonds. The fourth-order valence-electron chi connectivity index (χ4n) is 0.855. The predicted octanol–water partition coefficient (Wildman–Crippen LogP) is 2.25. The molecule has 62 valence electrons. The van der Waals surface area contributed by atoms with Crippen molar-refractivity contribution in [3.8, 4) is 12.3 Å². The Morgan fingerprint density at radius 2 is 2.25 bits per heavy atom. The highest BCUT2D eigenvalue weighted by Crippen LogP contribution is 2.25. The molecule has 0 aromatic heterocycles. The maximum Gasteiger partial charge on any atom is 0.143 e. The Morgan fingerprint density at radius 1 is 1.58 bits per heavy atom. The van der Waals surface area contributed by atoms with Gasteiger partial charge in [-0.15, -0.1) is 6.42 Å². The molecule has 1 unspecified atom stereocenters. The molecule has 0 heterocycles. The Balaban J connectivity index is 3.23. The summed E-state index contributed by atoms with van der Waals surface area (Å²) < 4.78 is 13.5. The topological polar surface area (TPSA) is 20.2 Å². The van der Waals surface area contributed by atoms with E-state index < -0.39 is 11.9 Å². The zero-order valence-electron chi connectivity index (χ0n) is 6.09. The Labute approximate surface area is 78.4 Å². The number of rotatable bonds is 1. The van der Waals surface area contributed by atoms with Gasteiger partial charge in [-0.1, -0.05) is 27.9 Å². The summed E-state index contributed by atoms with van der Waals surface area (Å²) >= 11 is 3.09. The summed E-state index contributed by atoms with van der Waals surface area (Å²) in [4.78, 5) is 0. The Bertz CT molecular complexity index is 310. The molecule has 1 atom stereocenters. The quantitative estimate of drug-likeness (QED) is 0.732. The summed E-state index contributed by atoms with van der Waals surface area (Å²) in [6.07, 6.45) is 3.76. The summed E-state index contributed by atoms with van der Waals surface area (Å²) in [5.41, 5.74) is 0.111. The fourth-order valence-corrected chi connectivity index (χ4v) is 1.41. The second-order valence-corrected chi connectivity index (χ2v) is 3.06. The van der Waals surface area contributed by atoms with Gasteiger partial charge in [-0.05, 0) is 12.1 Å². The molecule has 0 saturated heterocycles. The number of halogens is 2. The van der Waals surface area contributed by atoms with Gasteiger partial charge in [0.05, 0.1) is 0 Å². The molecule has 3 heteroatoms. The summed E-state index contributed by atoms with van der Waals surface area (Å²) in [5.74, 6) is 1.54. The van der Waals surface area contributed by atoms with Gasteiger partial charge in [0.1, 0.15) is 11.9 Å². The first-order valence-corrected chi connectivity index (χ1v) is 4.04. The normalized spacial score (nSPS) is 12.2. The van der Waals surface area contributed by atoms with Gasteiger partial charge in [0.2, 0.25) is 0 Å². The highest BCUT2D eigenvalue weighted by Gasteiger charge is 2.12. The van der Waals surface area contributed by atoms with E-state index in [1.807, 2.05) is 5.92 Å². The van der Waals surface area contributed by atoms with Crippen molar-refractivity contribution < 1.29 is 9.50 Å². The number of hydrogen-bond donors (Lipinski definition) is 1. The maximum absolute atomic E-state index is 13.0. The first-order valence-electron chi connectivity index (χ1n) is 3.25. The molecule has 1 aromatic rings. The minimum absolute atomic E-state index is 0.111. The van der Waals surface area contributed by atoms with Gasteiger partial charge in [0.25, 0.3) is 0 Å². The SMILES string of the molecule is C#CC(O)c1c(F)cccc1Br. The largest absolute Gasteiger partial charge is 0.376 e. The number of benzene rings is 1. The molecule has 0 aliphatic rings. The molecule has 0 spiro atoms. The van der Waals surface area contributed by atoms with Crippen LogP contribution in [0.4, 0.5) is 4.39 Å². The monoisotopic (exact) mass is 228 g/mol. The van der Waals surface area contributed by atoms with E-state index in [-0.39, 0.29) is 5.56 Å². The van der Waals surface area contributed by atoms with Crippen LogP contribution in [0.3, 0.4) is 0 Å². The van der Waals surface area contributed by atoms with Gasteiger partial charge in [0.15, 0.2) is 0 Å². The number of hydrogen-bond acceptors (Lipinski definition) is 1. The number of terminal acetylenes is 1. The van der Waals surface area contributed by atoms with E-state index in [9.17, 15) is 9.50 Å². The standard InChI is InChI=1S/C9H6BrFO/c1-2-8(12)9-6(10)4-3-5-7(9)11/h1,3-5,8,12H. The molecule has 0 fully saturated rings. The number of aliphatic hydroxyl groups is 1. The van der Waals surface area contributed by atoms with E-state index in [2.05, 4.69) is 15.9 Å². The van der Waals surface area contributed by atoms with E-state index >= 15 is 0 Å². The Hall–Kier alpha value is -0.850. The van der Waals surface area contributed by atoms with E-state index in [1.54, 1.807) is 6.07 Å². The van der Waals surface area contributed by atoms with Crippen LogP contribution in [0.15, 0.2) is 22.7 Å². The van der Waals surface area contributed by atoms with Crippen LogP contribution in [0.5, 0.6) is 0 Å². The highest BCUT2D eigenvalue weighted by atomic mass is 79.9. The van der Waals surface area contributed by atoms with E-state index in [1.165, 1.54) is 12.1 Å². The van der Waals surface area contributed by atoms with Crippen molar-refractivity contribution in [1.82, 2.24) is 0 Å². The lowest BCUT2D eigenvalue weighted by molar-refractivity contribution is 0.232. The van der Waals surface area contributed by atoms with Gasteiger partial charge in [-0.2, -0.15) is 0 Å². The van der Waals surface area contributed by atoms with Crippen LogP contribution in [-0.4, -0.2) is 5.11 Å². The highest BCUT2D eigenvalue weighted by molar-refractivity contribution is 9.10. The Kier molecular flexibility index (Phi) is 2.85. The van der Waals surface area contributed by atoms with Crippen LogP contribution >= 0.6 is 15.9 Å². The second-order valence-electron chi connectivity index (χ2n) is 2.20. The smallest absolute Gasteiger partial charge is 0.143 e. The van der Waals surface area contributed by atoms with E-state index in [0.29, 0.717) is 4.47 Å². The van der Waals surface area contributed by atoms with Crippen LogP contribution in [0, 0.1) is 18.2 Å². The average molecular weight is 229 g/mol. The molecule has 1 aromatic carbocycles. The third-order valence-electron chi connectivity index (χ3n) is 1.43. The van der Waals surface area contributed by atoms with Crippen LogP contribution in [-0.2, 0) is 0 Å². The summed E-state index contributed by atoms with van der Waals surface area (Å²) in [5, 5.41) is 9.18. The van der Waals surface area contributed by atoms with E-state index in [4.69, 9.17) is 6.42 Å². The van der Waals surface area contributed by atoms with E-state index in [0.717, 1.165) is 0 Å². The molecule has 0 bridgehead atoms.